The van der Waals surface area contributed by atoms with Gasteiger partial charge in [-0.25, -0.2) is 4.98 Å². The number of hydrogen-bond donors (Lipinski definition) is 0. The van der Waals surface area contributed by atoms with Crippen LogP contribution in [0.4, 0.5) is 0 Å². The van der Waals surface area contributed by atoms with Gasteiger partial charge in [0.05, 0.1) is 22.1 Å². The third kappa shape index (κ3) is 3.10. The van der Waals surface area contributed by atoms with Gasteiger partial charge in [-0.1, -0.05) is 6.07 Å². The fourth-order valence-electron chi connectivity index (χ4n) is 1.52. The van der Waals surface area contributed by atoms with Crippen LogP contribution in [-0.2, 0) is 20.7 Å². The van der Waals surface area contributed by atoms with E-state index in [1.807, 2.05) is 18.2 Å². The van der Waals surface area contributed by atoms with Crippen LogP contribution in [-0.4, -0.2) is 16.9 Å². The molecule has 0 saturated carbocycles. The zero-order valence-electron chi connectivity index (χ0n) is 9.30. The number of esters is 2. The van der Waals surface area contributed by atoms with Gasteiger partial charge in [-0.3, -0.25) is 9.59 Å². The molecule has 17 heavy (non-hydrogen) atoms. The zero-order valence-corrected chi connectivity index (χ0v) is 10.1. The fourth-order valence-corrected chi connectivity index (χ4v) is 2.18. The van der Waals surface area contributed by atoms with E-state index in [-0.39, 0.29) is 6.42 Å². The summed E-state index contributed by atoms with van der Waals surface area (Å²) in [5, 5.41) is 0. The van der Waals surface area contributed by atoms with Gasteiger partial charge in [0.25, 0.3) is 0 Å². The third-order valence-electron chi connectivity index (χ3n) is 2.27. The number of rotatable bonds is 3. The minimum absolute atomic E-state index is 0.204. The number of ether oxygens (including phenoxy) is 1. The van der Waals surface area contributed by atoms with Gasteiger partial charge < -0.3 is 4.74 Å². The molecular formula is C12H11NO3S. The monoisotopic (exact) mass is 249 g/mol. The van der Waals surface area contributed by atoms with Crippen LogP contribution in [0.15, 0.2) is 23.7 Å². The zero-order chi connectivity index (χ0) is 12.3. The summed E-state index contributed by atoms with van der Waals surface area (Å²) in [7, 11) is 0. The summed E-state index contributed by atoms with van der Waals surface area (Å²) < 4.78 is 5.58. The summed E-state index contributed by atoms with van der Waals surface area (Å²) in [4.78, 5) is 25.9. The summed E-state index contributed by atoms with van der Waals surface area (Å²) in [6.07, 6.45) is 0.759. The number of thiazole rings is 1. The molecule has 0 spiro atoms. The van der Waals surface area contributed by atoms with E-state index < -0.39 is 11.9 Å². The lowest BCUT2D eigenvalue weighted by atomic mass is 10.1. The average Bonchev–Trinajstić information content (AvgIpc) is 2.72. The van der Waals surface area contributed by atoms with Crippen LogP contribution in [0.2, 0.25) is 0 Å². The highest BCUT2D eigenvalue weighted by molar-refractivity contribution is 7.16. The normalized spacial score (nSPS) is 10.4. The van der Waals surface area contributed by atoms with Crippen LogP contribution in [0.3, 0.4) is 0 Å². The lowest BCUT2D eigenvalue weighted by molar-refractivity contribution is -0.157. The Balaban J connectivity index is 1.98. The van der Waals surface area contributed by atoms with Crippen molar-refractivity contribution in [2.24, 2.45) is 0 Å². The number of fused-ring (bicyclic) bond motifs is 1. The van der Waals surface area contributed by atoms with Gasteiger partial charge >= 0.3 is 11.9 Å². The number of aromatic nitrogens is 1. The predicted octanol–water partition coefficient (Wildman–Crippen LogP) is 2.32. The second-order valence-electron chi connectivity index (χ2n) is 3.62. The number of aryl methyl sites for hydroxylation is 1. The molecular weight excluding hydrogens is 238 g/mol. The molecule has 0 N–H and O–H groups in total. The Morgan fingerprint density at radius 3 is 3.00 bits per heavy atom. The smallest absolute Gasteiger partial charge is 0.313 e. The molecule has 0 aliphatic heterocycles. The number of carbonyl (C=O) groups excluding carboxylic acids is 2. The molecule has 2 rings (SSSR count). The maximum Gasteiger partial charge on any atom is 0.313 e. The Morgan fingerprint density at radius 2 is 2.24 bits per heavy atom. The van der Waals surface area contributed by atoms with E-state index in [1.54, 1.807) is 16.8 Å². The van der Waals surface area contributed by atoms with Crippen LogP contribution in [0.1, 0.15) is 18.9 Å². The van der Waals surface area contributed by atoms with Gasteiger partial charge in [0, 0.05) is 6.92 Å². The van der Waals surface area contributed by atoms with Crippen molar-refractivity contribution in [1.82, 2.24) is 4.98 Å². The molecule has 1 aromatic carbocycles. The quantitative estimate of drug-likeness (QED) is 0.618. The highest BCUT2D eigenvalue weighted by Crippen LogP contribution is 2.19. The molecule has 0 unspecified atom stereocenters. The minimum Gasteiger partial charge on any atom is -0.393 e. The van der Waals surface area contributed by atoms with Crippen LogP contribution in [0, 0.1) is 0 Å². The molecule has 0 fully saturated rings. The molecule has 0 saturated heterocycles. The van der Waals surface area contributed by atoms with Gasteiger partial charge in [-0.15, -0.1) is 11.3 Å². The Bertz CT molecular complexity index is 562. The van der Waals surface area contributed by atoms with Crippen molar-refractivity contribution < 1.29 is 14.3 Å². The Kier molecular flexibility index (Phi) is 3.49. The highest BCUT2D eigenvalue weighted by atomic mass is 32.1. The van der Waals surface area contributed by atoms with Crippen molar-refractivity contribution in [3.05, 3.63) is 29.3 Å². The molecule has 4 nitrogen and oxygen atoms in total. The maximum atomic E-state index is 11.2. The summed E-state index contributed by atoms with van der Waals surface area (Å²) >= 11 is 1.58. The topological polar surface area (TPSA) is 56.3 Å². The van der Waals surface area contributed by atoms with E-state index in [9.17, 15) is 9.59 Å². The van der Waals surface area contributed by atoms with E-state index in [0.717, 1.165) is 15.8 Å². The maximum absolute atomic E-state index is 11.2. The largest absolute Gasteiger partial charge is 0.393 e. The first-order valence-electron chi connectivity index (χ1n) is 5.18. The fraction of sp³-hybridized carbons (Fsp3) is 0.250. The molecule has 1 heterocycles. The van der Waals surface area contributed by atoms with E-state index in [1.165, 1.54) is 6.92 Å². The van der Waals surface area contributed by atoms with Crippen LogP contribution in [0.25, 0.3) is 10.2 Å². The lowest BCUT2D eigenvalue weighted by Crippen LogP contribution is -2.09. The predicted molar refractivity (Wildman–Crippen MR) is 64.7 cm³/mol. The number of hydrogen-bond acceptors (Lipinski definition) is 5. The van der Waals surface area contributed by atoms with E-state index in [2.05, 4.69) is 9.72 Å². The van der Waals surface area contributed by atoms with E-state index in [0.29, 0.717) is 6.42 Å². The van der Waals surface area contributed by atoms with E-state index in [4.69, 9.17) is 0 Å². The standard InChI is InChI=1S/C12H11NO3S/c1-8(14)16-12(15)5-3-9-2-4-11-10(6-9)13-7-17-11/h2,4,6-7H,3,5H2,1H3. The molecule has 0 aliphatic rings. The number of benzene rings is 1. The highest BCUT2D eigenvalue weighted by Gasteiger charge is 2.07. The molecule has 88 valence electrons. The van der Waals surface area contributed by atoms with Crippen molar-refractivity contribution in [1.29, 1.82) is 0 Å². The Hall–Kier alpha value is -1.75. The van der Waals surface area contributed by atoms with Crippen molar-refractivity contribution in [3.8, 4) is 0 Å². The Morgan fingerprint density at radius 1 is 1.41 bits per heavy atom. The third-order valence-corrected chi connectivity index (χ3v) is 3.08. The first-order chi connectivity index (χ1) is 8.15. The molecule has 2 aromatic rings. The molecule has 0 aliphatic carbocycles. The van der Waals surface area contributed by atoms with Gasteiger partial charge in [-0.2, -0.15) is 0 Å². The second kappa shape index (κ2) is 5.05. The summed E-state index contributed by atoms with van der Waals surface area (Å²) in [5.74, 6) is -1.05. The summed E-state index contributed by atoms with van der Waals surface area (Å²) in [6, 6.07) is 5.90. The number of nitrogens with zero attached hydrogens (tertiary/aromatic N) is 1. The van der Waals surface area contributed by atoms with Crippen molar-refractivity contribution in [2.45, 2.75) is 19.8 Å². The van der Waals surface area contributed by atoms with Crippen molar-refractivity contribution in [2.75, 3.05) is 0 Å². The van der Waals surface area contributed by atoms with Gasteiger partial charge in [0.1, 0.15) is 0 Å². The first kappa shape index (κ1) is 11.7. The molecule has 0 atom stereocenters. The minimum atomic E-state index is -0.565. The average molecular weight is 249 g/mol. The van der Waals surface area contributed by atoms with E-state index >= 15 is 0 Å². The Labute approximate surface area is 102 Å². The van der Waals surface area contributed by atoms with Crippen LogP contribution in [0.5, 0.6) is 0 Å². The summed E-state index contributed by atoms with van der Waals surface area (Å²) in [6.45, 7) is 1.22. The lowest BCUT2D eigenvalue weighted by Gasteiger charge is -2.01. The van der Waals surface area contributed by atoms with Gasteiger partial charge in [0.2, 0.25) is 0 Å². The number of carbonyl (C=O) groups is 2. The van der Waals surface area contributed by atoms with Gasteiger partial charge in [0.15, 0.2) is 0 Å². The van der Waals surface area contributed by atoms with Gasteiger partial charge in [-0.05, 0) is 24.1 Å². The van der Waals surface area contributed by atoms with Crippen LogP contribution < -0.4 is 0 Å². The molecule has 0 bridgehead atoms. The summed E-state index contributed by atoms with van der Waals surface area (Å²) in [5.41, 5.74) is 3.75. The molecule has 0 amide bonds. The van der Waals surface area contributed by atoms with Crippen molar-refractivity contribution in [3.63, 3.8) is 0 Å². The van der Waals surface area contributed by atoms with Crippen LogP contribution >= 0.6 is 11.3 Å². The SMILES string of the molecule is CC(=O)OC(=O)CCc1ccc2scnc2c1. The molecule has 0 radical (unpaired) electrons. The molecule has 1 aromatic heterocycles. The first-order valence-corrected chi connectivity index (χ1v) is 6.06. The second-order valence-corrected chi connectivity index (χ2v) is 4.51. The van der Waals surface area contributed by atoms with Crippen molar-refractivity contribution >= 4 is 33.5 Å². The molecule has 5 heteroatoms.